The van der Waals surface area contributed by atoms with Gasteiger partial charge in [0.2, 0.25) is 0 Å². The Morgan fingerprint density at radius 2 is 2.38 bits per heavy atom. The molecule has 0 amide bonds. The summed E-state index contributed by atoms with van der Waals surface area (Å²) in [6.07, 6.45) is 1.46. The molecular weight excluding hydrogens is 291 g/mol. The van der Waals surface area contributed by atoms with E-state index >= 15 is 0 Å². The SMILES string of the molecule is CC1OCCC1SCc1ccc(F)c(Br)c1. The topological polar surface area (TPSA) is 9.23 Å². The molecule has 0 radical (unpaired) electrons. The summed E-state index contributed by atoms with van der Waals surface area (Å²) in [5.41, 5.74) is 1.15. The monoisotopic (exact) mass is 304 g/mol. The molecule has 1 aromatic carbocycles. The maximum Gasteiger partial charge on any atom is 0.137 e. The standard InChI is InChI=1S/C12H14BrFOS/c1-8-12(4-5-15-8)16-7-9-2-3-11(14)10(13)6-9/h2-3,6,8,12H,4-5,7H2,1H3. The maximum absolute atomic E-state index is 13.0. The average Bonchev–Trinajstić information content (AvgIpc) is 2.66. The van der Waals surface area contributed by atoms with Gasteiger partial charge in [-0.2, -0.15) is 11.8 Å². The summed E-state index contributed by atoms with van der Waals surface area (Å²) in [6.45, 7) is 2.98. The van der Waals surface area contributed by atoms with Gasteiger partial charge in [0.25, 0.3) is 0 Å². The molecular formula is C12H14BrFOS. The van der Waals surface area contributed by atoms with Crippen LogP contribution in [0.5, 0.6) is 0 Å². The van der Waals surface area contributed by atoms with Gasteiger partial charge in [-0.25, -0.2) is 4.39 Å². The lowest BCUT2D eigenvalue weighted by atomic mass is 10.2. The van der Waals surface area contributed by atoms with Crippen LogP contribution in [0.25, 0.3) is 0 Å². The van der Waals surface area contributed by atoms with Crippen LogP contribution in [-0.2, 0) is 10.5 Å². The predicted octanol–water partition coefficient (Wildman–Crippen LogP) is 4.00. The van der Waals surface area contributed by atoms with Gasteiger partial charge in [-0.15, -0.1) is 0 Å². The Balaban J connectivity index is 1.91. The molecule has 1 heterocycles. The molecule has 0 aliphatic carbocycles. The molecule has 88 valence electrons. The summed E-state index contributed by atoms with van der Waals surface area (Å²) in [5.74, 6) is 0.711. The quantitative estimate of drug-likeness (QED) is 0.835. The van der Waals surface area contributed by atoms with Gasteiger partial charge >= 0.3 is 0 Å². The second-order valence-electron chi connectivity index (χ2n) is 3.96. The fourth-order valence-corrected chi connectivity index (χ4v) is 3.39. The summed E-state index contributed by atoms with van der Waals surface area (Å²) < 4.78 is 19.1. The minimum Gasteiger partial charge on any atom is -0.377 e. The normalized spacial score (nSPS) is 24.9. The molecule has 0 N–H and O–H groups in total. The lowest BCUT2D eigenvalue weighted by molar-refractivity contribution is 0.127. The van der Waals surface area contributed by atoms with Gasteiger partial charge in [0.15, 0.2) is 0 Å². The molecule has 0 aromatic heterocycles. The lowest BCUT2D eigenvalue weighted by Gasteiger charge is -2.13. The summed E-state index contributed by atoms with van der Waals surface area (Å²) in [7, 11) is 0. The fourth-order valence-electron chi connectivity index (χ4n) is 1.76. The second kappa shape index (κ2) is 5.52. The highest BCUT2D eigenvalue weighted by Crippen LogP contribution is 2.29. The number of hydrogen-bond donors (Lipinski definition) is 0. The lowest BCUT2D eigenvalue weighted by Crippen LogP contribution is -2.13. The minimum absolute atomic E-state index is 0.202. The van der Waals surface area contributed by atoms with E-state index in [-0.39, 0.29) is 5.82 Å². The summed E-state index contributed by atoms with van der Waals surface area (Å²) in [5, 5.41) is 0.573. The van der Waals surface area contributed by atoms with Crippen molar-refractivity contribution in [2.45, 2.75) is 30.5 Å². The van der Waals surface area contributed by atoms with Crippen molar-refractivity contribution in [2.75, 3.05) is 6.61 Å². The third-order valence-electron chi connectivity index (χ3n) is 2.75. The van der Waals surface area contributed by atoms with Gasteiger partial charge in [-0.1, -0.05) is 6.07 Å². The third-order valence-corrected chi connectivity index (χ3v) is 4.91. The second-order valence-corrected chi connectivity index (χ2v) is 6.04. The molecule has 2 unspecified atom stereocenters. The van der Waals surface area contributed by atoms with E-state index in [1.165, 1.54) is 6.07 Å². The summed E-state index contributed by atoms with van der Waals surface area (Å²) in [4.78, 5) is 0. The first-order chi connectivity index (χ1) is 7.66. The van der Waals surface area contributed by atoms with E-state index in [0.717, 1.165) is 24.3 Å². The maximum atomic E-state index is 13.0. The number of rotatable bonds is 3. The van der Waals surface area contributed by atoms with Gasteiger partial charge in [-0.05, 0) is 47.0 Å². The zero-order chi connectivity index (χ0) is 11.5. The molecule has 2 atom stereocenters. The van der Waals surface area contributed by atoms with Gasteiger partial charge in [0.1, 0.15) is 5.82 Å². The Bertz CT molecular complexity index is 372. The fraction of sp³-hybridized carbons (Fsp3) is 0.500. The Morgan fingerprint density at radius 3 is 3.00 bits per heavy atom. The van der Waals surface area contributed by atoms with Crippen LogP contribution in [0.3, 0.4) is 0 Å². The van der Waals surface area contributed by atoms with Gasteiger partial charge in [0, 0.05) is 17.6 Å². The number of benzene rings is 1. The van der Waals surface area contributed by atoms with E-state index in [1.807, 2.05) is 23.9 Å². The first kappa shape index (κ1) is 12.4. The molecule has 1 aliphatic heterocycles. The molecule has 0 bridgehead atoms. The van der Waals surface area contributed by atoms with Crippen molar-refractivity contribution in [3.8, 4) is 0 Å². The number of thioether (sulfide) groups is 1. The predicted molar refractivity (Wildman–Crippen MR) is 69.2 cm³/mol. The van der Waals surface area contributed by atoms with Crippen molar-refractivity contribution in [1.82, 2.24) is 0 Å². The van der Waals surface area contributed by atoms with Crippen molar-refractivity contribution in [2.24, 2.45) is 0 Å². The number of hydrogen-bond acceptors (Lipinski definition) is 2. The van der Waals surface area contributed by atoms with Crippen molar-refractivity contribution in [3.05, 3.63) is 34.1 Å². The Labute approximate surface area is 108 Å². The summed E-state index contributed by atoms with van der Waals surface area (Å²) >= 11 is 5.09. The molecule has 1 aliphatic rings. The highest BCUT2D eigenvalue weighted by molar-refractivity contribution is 9.10. The van der Waals surface area contributed by atoms with Gasteiger partial charge in [0.05, 0.1) is 10.6 Å². The van der Waals surface area contributed by atoms with E-state index in [4.69, 9.17) is 4.74 Å². The Kier molecular flexibility index (Phi) is 4.27. The first-order valence-electron chi connectivity index (χ1n) is 5.34. The van der Waals surface area contributed by atoms with Crippen LogP contribution in [0.2, 0.25) is 0 Å². The molecule has 2 rings (SSSR count). The van der Waals surface area contributed by atoms with Crippen LogP contribution in [0, 0.1) is 5.82 Å². The Hall–Kier alpha value is -0.0600. The molecule has 1 aromatic rings. The highest BCUT2D eigenvalue weighted by atomic mass is 79.9. The van der Waals surface area contributed by atoms with E-state index < -0.39 is 0 Å². The first-order valence-corrected chi connectivity index (χ1v) is 7.18. The molecule has 0 saturated carbocycles. The van der Waals surface area contributed by atoms with Crippen molar-refractivity contribution in [3.63, 3.8) is 0 Å². The molecule has 16 heavy (non-hydrogen) atoms. The smallest absolute Gasteiger partial charge is 0.137 e. The zero-order valence-electron chi connectivity index (χ0n) is 9.08. The van der Waals surface area contributed by atoms with Crippen molar-refractivity contribution in [1.29, 1.82) is 0 Å². The third kappa shape index (κ3) is 2.99. The molecule has 4 heteroatoms. The van der Waals surface area contributed by atoms with E-state index in [1.54, 1.807) is 0 Å². The van der Waals surface area contributed by atoms with Gasteiger partial charge < -0.3 is 4.74 Å². The highest BCUT2D eigenvalue weighted by Gasteiger charge is 2.24. The van der Waals surface area contributed by atoms with Crippen molar-refractivity contribution >= 4 is 27.7 Å². The number of halogens is 2. The molecule has 1 fully saturated rings. The molecule has 0 spiro atoms. The zero-order valence-corrected chi connectivity index (χ0v) is 11.5. The van der Waals surface area contributed by atoms with Crippen LogP contribution >= 0.6 is 27.7 Å². The van der Waals surface area contributed by atoms with Crippen molar-refractivity contribution < 1.29 is 9.13 Å². The number of ether oxygens (including phenoxy) is 1. The van der Waals surface area contributed by atoms with E-state index in [9.17, 15) is 4.39 Å². The summed E-state index contributed by atoms with van der Waals surface area (Å²) in [6, 6.07) is 5.20. The van der Waals surface area contributed by atoms with Crippen LogP contribution in [0.4, 0.5) is 4.39 Å². The molecule has 1 saturated heterocycles. The molecule has 1 nitrogen and oxygen atoms in total. The largest absolute Gasteiger partial charge is 0.377 e. The minimum atomic E-state index is -0.202. The van der Waals surface area contributed by atoms with Gasteiger partial charge in [-0.3, -0.25) is 0 Å². The van der Waals surface area contributed by atoms with Crippen LogP contribution in [-0.4, -0.2) is 18.0 Å². The average molecular weight is 305 g/mol. The van der Waals surface area contributed by atoms with Crippen LogP contribution in [0.15, 0.2) is 22.7 Å². The van der Waals surface area contributed by atoms with E-state index in [0.29, 0.717) is 15.8 Å². The van der Waals surface area contributed by atoms with Crippen LogP contribution in [0.1, 0.15) is 18.9 Å². The Morgan fingerprint density at radius 1 is 1.56 bits per heavy atom. The van der Waals surface area contributed by atoms with E-state index in [2.05, 4.69) is 22.9 Å². The van der Waals surface area contributed by atoms with Crippen LogP contribution < -0.4 is 0 Å².